The summed E-state index contributed by atoms with van der Waals surface area (Å²) < 4.78 is 57.1. The fourth-order valence-electron chi connectivity index (χ4n) is 4.52. The maximum atomic E-state index is 15.1. The minimum absolute atomic E-state index is 0.0258. The SMILES string of the molecule is COc1ccc(COC2(c3ccc(Cl)cc3F)CCC(O)(COS(=O)(=O)c3ccc(C)cc3)CC2)cc1. The third-order valence-electron chi connectivity index (χ3n) is 6.88. The zero-order valence-corrected chi connectivity index (χ0v) is 22.3. The van der Waals surface area contributed by atoms with Crippen molar-refractivity contribution in [1.29, 1.82) is 0 Å². The van der Waals surface area contributed by atoms with Crippen LogP contribution in [0.5, 0.6) is 5.75 Å². The van der Waals surface area contributed by atoms with Gasteiger partial charge in [0.05, 0.1) is 36.4 Å². The van der Waals surface area contributed by atoms with E-state index in [1.54, 1.807) is 31.4 Å². The van der Waals surface area contributed by atoms with Gasteiger partial charge in [-0.05, 0) is 74.6 Å². The topological polar surface area (TPSA) is 82.1 Å². The average Bonchev–Trinajstić information content (AvgIpc) is 2.88. The van der Waals surface area contributed by atoms with Crippen molar-refractivity contribution < 1.29 is 31.6 Å². The summed E-state index contributed by atoms with van der Waals surface area (Å²) in [5.74, 6) is 0.219. The van der Waals surface area contributed by atoms with Crippen molar-refractivity contribution in [1.82, 2.24) is 0 Å². The van der Waals surface area contributed by atoms with E-state index < -0.39 is 33.7 Å². The van der Waals surface area contributed by atoms with Gasteiger partial charge in [-0.1, -0.05) is 47.5 Å². The summed E-state index contributed by atoms with van der Waals surface area (Å²) in [5, 5.41) is 11.5. The number of halogens is 2. The lowest BCUT2D eigenvalue weighted by atomic mass is 9.73. The lowest BCUT2D eigenvalue weighted by molar-refractivity contribution is -0.139. The second-order valence-corrected chi connectivity index (χ2v) is 11.6. The molecule has 0 heterocycles. The highest BCUT2D eigenvalue weighted by molar-refractivity contribution is 7.86. The van der Waals surface area contributed by atoms with E-state index in [1.165, 1.54) is 18.2 Å². The number of methoxy groups -OCH3 is 1. The predicted molar refractivity (Wildman–Crippen MR) is 139 cm³/mol. The second-order valence-electron chi connectivity index (χ2n) is 9.51. The molecule has 0 radical (unpaired) electrons. The molecule has 1 saturated carbocycles. The highest BCUT2D eigenvalue weighted by atomic mass is 35.5. The van der Waals surface area contributed by atoms with Gasteiger partial charge in [-0.2, -0.15) is 8.42 Å². The molecule has 0 amide bonds. The van der Waals surface area contributed by atoms with Gasteiger partial charge in [0.2, 0.25) is 0 Å². The van der Waals surface area contributed by atoms with Crippen molar-refractivity contribution in [3.05, 3.63) is 94.3 Å². The van der Waals surface area contributed by atoms with Gasteiger partial charge in [-0.25, -0.2) is 4.39 Å². The Balaban J connectivity index is 1.50. The predicted octanol–water partition coefficient (Wildman–Crippen LogP) is 5.92. The zero-order chi connectivity index (χ0) is 26.7. The molecular weight excluding hydrogens is 519 g/mol. The number of aryl methyl sites for hydroxylation is 1. The highest BCUT2D eigenvalue weighted by Crippen LogP contribution is 2.46. The fourth-order valence-corrected chi connectivity index (χ4v) is 5.66. The third kappa shape index (κ3) is 6.51. The number of rotatable bonds is 9. The van der Waals surface area contributed by atoms with Crippen molar-refractivity contribution in [2.75, 3.05) is 13.7 Å². The molecular formula is C28H30ClFO6S. The quantitative estimate of drug-likeness (QED) is 0.334. The van der Waals surface area contributed by atoms with Gasteiger partial charge in [0.1, 0.15) is 11.6 Å². The summed E-state index contributed by atoms with van der Waals surface area (Å²) in [6.45, 7) is 1.66. The first-order valence-electron chi connectivity index (χ1n) is 12.0. The first-order chi connectivity index (χ1) is 17.5. The Morgan fingerprint density at radius 1 is 0.973 bits per heavy atom. The van der Waals surface area contributed by atoms with E-state index in [1.807, 2.05) is 31.2 Å². The van der Waals surface area contributed by atoms with Crippen molar-refractivity contribution in [3.8, 4) is 5.75 Å². The van der Waals surface area contributed by atoms with Crippen LogP contribution in [0.15, 0.2) is 71.6 Å². The Morgan fingerprint density at radius 3 is 2.22 bits per heavy atom. The van der Waals surface area contributed by atoms with Gasteiger partial charge in [-0.3, -0.25) is 4.18 Å². The van der Waals surface area contributed by atoms with Gasteiger partial charge < -0.3 is 14.6 Å². The standard InChI is InChI=1S/C28H30ClFO6S/c1-20-3-10-24(11-4-20)37(32,33)36-19-27(31)13-15-28(16-14-27,25-12-7-22(29)17-26(25)30)35-18-21-5-8-23(34-2)9-6-21/h3-12,17,31H,13-16,18-19H2,1-2H3. The fraction of sp³-hybridized carbons (Fsp3) is 0.357. The Morgan fingerprint density at radius 2 is 1.62 bits per heavy atom. The molecule has 1 aliphatic carbocycles. The summed E-state index contributed by atoms with van der Waals surface area (Å²) in [6.07, 6.45) is 0.820. The Bertz CT molecular complexity index is 1320. The molecule has 0 bridgehead atoms. The first-order valence-corrected chi connectivity index (χ1v) is 13.7. The van der Waals surface area contributed by atoms with Gasteiger partial charge in [0.25, 0.3) is 10.1 Å². The monoisotopic (exact) mass is 548 g/mol. The second kappa shape index (κ2) is 11.1. The summed E-state index contributed by atoms with van der Waals surface area (Å²) in [7, 11) is -2.45. The van der Waals surface area contributed by atoms with Gasteiger partial charge >= 0.3 is 0 Å². The molecule has 1 N–H and O–H groups in total. The van der Waals surface area contributed by atoms with Crippen LogP contribution in [0.3, 0.4) is 0 Å². The summed E-state index contributed by atoms with van der Waals surface area (Å²) >= 11 is 5.99. The van der Waals surface area contributed by atoms with Crippen molar-refractivity contribution in [3.63, 3.8) is 0 Å². The molecule has 9 heteroatoms. The maximum Gasteiger partial charge on any atom is 0.297 e. The Hall–Kier alpha value is -2.49. The van der Waals surface area contributed by atoms with Crippen LogP contribution in [0.25, 0.3) is 0 Å². The van der Waals surface area contributed by atoms with Crippen LogP contribution in [0.1, 0.15) is 42.4 Å². The van der Waals surface area contributed by atoms with Crippen molar-refractivity contribution in [2.45, 2.75) is 55.3 Å². The van der Waals surface area contributed by atoms with E-state index in [0.29, 0.717) is 11.3 Å². The summed E-state index contributed by atoms with van der Waals surface area (Å²) in [6, 6.07) is 18.1. The molecule has 0 spiro atoms. The van der Waals surface area contributed by atoms with Gasteiger partial charge in [0.15, 0.2) is 0 Å². The van der Waals surface area contributed by atoms with Crippen LogP contribution in [0, 0.1) is 12.7 Å². The minimum atomic E-state index is -4.04. The van der Waals surface area contributed by atoms with E-state index in [-0.39, 0.29) is 42.2 Å². The van der Waals surface area contributed by atoms with E-state index in [9.17, 15) is 13.5 Å². The van der Waals surface area contributed by atoms with Gasteiger partial charge in [0, 0.05) is 10.6 Å². The molecule has 3 aromatic carbocycles. The molecule has 3 aromatic rings. The number of hydrogen-bond acceptors (Lipinski definition) is 6. The molecule has 0 atom stereocenters. The molecule has 37 heavy (non-hydrogen) atoms. The lowest BCUT2D eigenvalue weighted by Gasteiger charge is -2.44. The van der Waals surface area contributed by atoms with Crippen LogP contribution in [-0.4, -0.2) is 32.8 Å². The van der Waals surface area contributed by atoms with Crippen LogP contribution in [0.2, 0.25) is 5.02 Å². The van der Waals surface area contributed by atoms with Crippen LogP contribution >= 0.6 is 11.6 Å². The Labute approximate surface area is 222 Å². The van der Waals surface area contributed by atoms with Gasteiger partial charge in [-0.15, -0.1) is 0 Å². The molecule has 0 unspecified atom stereocenters. The number of ether oxygens (including phenoxy) is 2. The van der Waals surface area contributed by atoms with E-state index in [0.717, 1.165) is 11.1 Å². The normalized spacial score (nSPS) is 22.1. The lowest BCUT2D eigenvalue weighted by Crippen LogP contribution is -2.46. The van der Waals surface area contributed by atoms with Crippen molar-refractivity contribution in [2.24, 2.45) is 0 Å². The molecule has 1 fully saturated rings. The van der Waals surface area contributed by atoms with Crippen LogP contribution in [0.4, 0.5) is 4.39 Å². The molecule has 198 valence electrons. The largest absolute Gasteiger partial charge is 0.497 e. The zero-order valence-electron chi connectivity index (χ0n) is 20.7. The molecule has 0 aromatic heterocycles. The molecule has 1 aliphatic rings. The molecule has 0 aliphatic heterocycles. The van der Waals surface area contributed by atoms with Crippen molar-refractivity contribution >= 4 is 21.7 Å². The van der Waals surface area contributed by atoms with E-state index in [4.69, 9.17) is 25.3 Å². The number of aliphatic hydroxyl groups is 1. The van der Waals surface area contributed by atoms with E-state index >= 15 is 4.39 Å². The summed E-state index contributed by atoms with van der Waals surface area (Å²) in [5.41, 5.74) is -0.293. The minimum Gasteiger partial charge on any atom is -0.497 e. The van der Waals surface area contributed by atoms with E-state index in [2.05, 4.69) is 0 Å². The Kier molecular flexibility index (Phi) is 8.26. The van der Waals surface area contributed by atoms with Crippen LogP contribution in [-0.2, 0) is 31.2 Å². The number of benzene rings is 3. The first kappa shape index (κ1) is 27.5. The smallest absolute Gasteiger partial charge is 0.297 e. The third-order valence-corrected chi connectivity index (χ3v) is 8.39. The number of hydrogen-bond donors (Lipinski definition) is 1. The molecule has 6 nitrogen and oxygen atoms in total. The summed E-state index contributed by atoms with van der Waals surface area (Å²) in [4.78, 5) is 0.0258. The highest BCUT2D eigenvalue weighted by Gasteiger charge is 2.45. The molecule has 0 saturated heterocycles. The maximum absolute atomic E-state index is 15.1. The van der Waals surface area contributed by atoms with Crippen LogP contribution < -0.4 is 4.74 Å². The average molecular weight is 549 g/mol. The molecule has 4 rings (SSSR count).